The number of amides is 2. The number of nitrogens with zero attached hydrogens (tertiary/aromatic N) is 1. The Hall–Kier alpha value is -2.27. The van der Waals surface area contributed by atoms with Crippen LogP contribution in [0.3, 0.4) is 0 Å². The predicted octanol–water partition coefficient (Wildman–Crippen LogP) is 2.62. The van der Waals surface area contributed by atoms with Gasteiger partial charge in [-0.1, -0.05) is 18.2 Å². The maximum Gasteiger partial charge on any atom is 0.323 e. The molecule has 0 saturated carbocycles. The van der Waals surface area contributed by atoms with Crippen molar-refractivity contribution in [3.8, 4) is 0 Å². The van der Waals surface area contributed by atoms with Gasteiger partial charge >= 0.3 is 11.2 Å². The van der Waals surface area contributed by atoms with E-state index in [-0.39, 0.29) is 10.8 Å². The fraction of sp³-hybridized carbons (Fsp3) is 0. The summed E-state index contributed by atoms with van der Waals surface area (Å²) >= 11 is 5.75. The molecule has 0 saturated heterocycles. The summed E-state index contributed by atoms with van der Waals surface area (Å²) in [5.74, 6) is 0. The van der Waals surface area contributed by atoms with Crippen molar-refractivity contribution < 1.29 is 9.52 Å². The Morgan fingerprint density at radius 3 is 2.56 bits per heavy atom. The predicted molar refractivity (Wildman–Crippen MR) is 69.5 cm³/mol. The highest BCUT2D eigenvalue weighted by atomic mass is 35.5. The molecule has 18 heavy (non-hydrogen) atoms. The highest BCUT2D eigenvalue weighted by Crippen LogP contribution is 2.16. The lowest BCUT2D eigenvalue weighted by Crippen LogP contribution is -2.29. The standard InChI is InChI=1S/C12H10ClN3O2/c13-11-10(7-4-8-16(11)18)15-12(17)14-9-5-2-1-3-6-9/h1-8H,(H2,14,15,17). The Morgan fingerprint density at radius 2 is 1.83 bits per heavy atom. The molecule has 0 unspecified atom stereocenters. The Bertz CT molecular complexity index is 561. The molecule has 0 spiro atoms. The number of rotatable bonds is 2. The van der Waals surface area contributed by atoms with Crippen molar-refractivity contribution in [2.45, 2.75) is 0 Å². The lowest BCUT2D eigenvalue weighted by molar-refractivity contribution is -0.602. The third-order valence-electron chi connectivity index (χ3n) is 2.18. The quantitative estimate of drug-likeness (QED) is 0.497. The van der Waals surface area contributed by atoms with Crippen LogP contribution in [0, 0.1) is 5.21 Å². The van der Waals surface area contributed by atoms with Crippen molar-refractivity contribution in [1.82, 2.24) is 0 Å². The van der Waals surface area contributed by atoms with Crippen LogP contribution in [-0.4, -0.2) is 6.03 Å². The second-order valence-corrected chi connectivity index (χ2v) is 3.84. The van der Waals surface area contributed by atoms with Crippen molar-refractivity contribution in [3.63, 3.8) is 0 Å². The summed E-state index contributed by atoms with van der Waals surface area (Å²) in [6, 6.07) is 11.5. The van der Waals surface area contributed by atoms with Crippen molar-refractivity contribution in [3.05, 3.63) is 59.0 Å². The molecular weight excluding hydrogens is 254 g/mol. The van der Waals surface area contributed by atoms with E-state index in [2.05, 4.69) is 10.6 Å². The fourth-order valence-electron chi connectivity index (χ4n) is 1.37. The normalized spacial score (nSPS) is 9.83. The molecule has 92 valence electrons. The zero-order valence-electron chi connectivity index (χ0n) is 9.26. The van der Waals surface area contributed by atoms with E-state index in [4.69, 9.17) is 11.6 Å². The highest BCUT2D eigenvalue weighted by molar-refractivity contribution is 6.31. The Labute approximate surface area is 109 Å². The SMILES string of the molecule is O=C(Nc1ccccc1)Nc1ccc[n+]([O-])c1Cl. The molecule has 1 aromatic carbocycles. The zero-order valence-corrected chi connectivity index (χ0v) is 10.0. The number of pyridine rings is 1. The Balaban J connectivity index is 2.06. The van der Waals surface area contributed by atoms with Gasteiger partial charge in [0.15, 0.2) is 6.20 Å². The van der Waals surface area contributed by atoms with Gasteiger partial charge in [-0.25, -0.2) is 4.79 Å². The molecular formula is C12H10ClN3O2. The van der Waals surface area contributed by atoms with Crippen molar-refractivity contribution >= 4 is 29.0 Å². The summed E-state index contributed by atoms with van der Waals surface area (Å²) in [5.41, 5.74) is 0.902. The topological polar surface area (TPSA) is 68.1 Å². The number of nitrogens with one attached hydrogen (secondary N) is 2. The lowest BCUT2D eigenvalue weighted by Gasteiger charge is -2.08. The minimum absolute atomic E-state index is 0.0827. The number of hydrogen-bond acceptors (Lipinski definition) is 2. The minimum Gasteiger partial charge on any atom is -0.618 e. The van der Waals surface area contributed by atoms with Crippen LogP contribution in [0.5, 0.6) is 0 Å². The molecule has 6 heteroatoms. The van der Waals surface area contributed by atoms with Crippen LogP contribution in [0.25, 0.3) is 0 Å². The smallest absolute Gasteiger partial charge is 0.323 e. The minimum atomic E-state index is -0.464. The Kier molecular flexibility index (Phi) is 3.64. The molecule has 5 nitrogen and oxygen atoms in total. The first kappa shape index (κ1) is 12.2. The van der Waals surface area contributed by atoms with Crippen LogP contribution in [0.1, 0.15) is 0 Å². The second kappa shape index (κ2) is 5.37. The molecule has 1 heterocycles. The summed E-state index contributed by atoms with van der Waals surface area (Å²) in [5, 5.41) is 16.2. The first-order valence-corrected chi connectivity index (χ1v) is 5.55. The van der Waals surface area contributed by atoms with Crippen LogP contribution in [0.15, 0.2) is 48.7 Å². The molecule has 0 fully saturated rings. The maximum absolute atomic E-state index is 11.7. The number of hydrogen-bond donors (Lipinski definition) is 2. The first-order valence-electron chi connectivity index (χ1n) is 5.17. The lowest BCUT2D eigenvalue weighted by atomic mass is 10.3. The molecule has 2 rings (SSSR count). The van der Waals surface area contributed by atoms with Gasteiger partial charge in [0.05, 0.1) is 0 Å². The third kappa shape index (κ3) is 2.89. The van der Waals surface area contributed by atoms with E-state index in [1.807, 2.05) is 6.07 Å². The van der Waals surface area contributed by atoms with E-state index in [9.17, 15) is 10.0 Å². The van der Waals surface area contributed by atoms with E-state index in [1.54, 1.807) is 30.3 Å². The van der Waals surface area contributed by atoms with Crippen molar-refractivity contribution in [1.29, 1.82) is 0 Å². The number of anilines is 2. The summed E-state index contributed by atoms with van der Waals surface area (Å²) in [6.45, 7) is 0. The van der Waals surface area contributed by atoms with Gasteiger partial charge < -0.3 is 15.8 Å². The number of benzene rings is 1. The van der Waals surface area contributed by atoms with E-state index < -0.39 is 6.03 Å². The number of para-hydroxylation sites is 1. The highest BCUT2D eigenvalue weighted by Gasteiger charge is 2.11. The van der Waals surface area contributed by atoms with Crippen LogP contribution >= 0.6 is 11.6 Å². The summed E-state index contributed by atoms with van der Waals surface area (Å²) < 4.78 is 0.472. The van der Waals surface area contributed by atoms with Gasteiger partial charge in [0, 0.05) is 11.8 Å². The van der Waals surface area contributed by atoms with Crippen LogP contribution in [-0.2, 0) is 0 Å². The van der Waals surface area contributed by atoms with E-state index >= 15 is 0 Å². The number of halogens is 1. The largest absolute Gasteiger partial charge is 0.618 e. The number of aromatic nitrogens is 1. The average molecular weight is 264 g/mol. The molecule has 2 aromatic rings. The molecule has 0 aliphatic heterocycles. The van der Waals surface area contributed by atoms with Crippen LogP contribution < -0.4 is 15.4 Å². The van der Waals surface area contributed by atoms with Gasteiger partial charge in [0.25, 0.3) is 0 Å². The average Bonchev–Trinajstić information content (AvgIpc) is 2.36. The number of carbonyl (C=O) groups excluding carboxylic acids is 1. The van der Waals surface area contributed by atoms with Gasteiger partial charge in [-0.15, -0.1) is 0 Å². The van der Waals surface area contributed by atoms with Gasteiger partial charge in [-0.05, 0) is 29.8 Å². The second-order valence-electron chi connectivity index (χ2n) is 3.48. The number of urea groups is 1. The molecule has 1 aromatic heterocycles. The molecule has 0 aliphatic rings. The Morgan fingerprint density at radius 1 is 1.11 bits per heavy atom. The van der Waals surface area contributed by atoms with Gasteiger partial charge in [-0.3, -0.25) is 0 Å². The van der Waals surface area contributed by atoms with Crippen LogP contribution in [0.4, 0.5) is 16.2 Å². The molecule has 0 radical (unpaired) electrons. The summed E-state index contributed by atoms with van der Waals surface area (Å²) in [4.78, 5) is 11.7. The van der Waals surface area contributed by atoms with Crippen molar-refractivity contribution in [2.24, 2.45) is 0 Å². The molecule has 2 amide bonds. The van der Waals surface area contributed by atoms with E-state index in [0.717, 1.165) is 0 Å². The zero-order chi connectivity index (χ0) is 13.0. The maximum atomic E-state index is 11.7. The van der Waals surface area contributed by atoms with E-state index in [1.165, 1.54) is 12.3 Å². The molecule has 2 N–H and O–H groups in total. The summed E-state index contributed by atoms with van der Waals surface area (Å²) in [7, 11) is 0. The van der Waals surface area contributed by atoms with Gasteiger partial charge in [0.1, 0.15) is 5.69 Å². The van der Waals surface area contributed by atoms with E-state index in [0.29, 0.717) is 10.4 Å². The third-order valence-corrected chi connectivity index (χ3v) is 2.55. The molecule has 0 atom stereocenters. The van der Waals surface area contributed by atoms with Crippen LogP contribution in [0.2, 0.25) is 5.15 Å². The van der Waals surface area contributed by atoms with Gasteiger partial charge in [0.2, 0.25) is 0 Å². The fourth-order valence-corrected chi connectivity index (χ4v) is 1.54. The molecule has 0 bridgehead atoms. The number of carbonyl (C=O) groups is 1. The van der Waals surface area contributed by atoms with Gasteiger partial charge in [-0.2, -0.15) is 4.73 Å². The summed E-state index contributed by atoms with van der Waals surface area (Å²) in [6.07, 6.45) is 1.25. The van der Waals surface area contributed by atoms with Crippen molar-refractivity contribution in [2.75, 3.05) is 10.6 Å². The molecule has 0 aliphatic carbocycles. The first-order chi connectivity index (χ1) is 8.66. The monoisotopic (exact) mass is 263 g/mol.